The molecule has 0 spiro atoms. The van der Waals surface area contributed by atoms with Crippen LogP contribution in [0.3, 0.4) is 0 Å². The topological polar surface area (TPSA) is 93.5 Å². The fourth-order valence-electron chi connectivity index (χ4n) is 2.97. The Labute approximate surface area is 154 Å². The third-order valence-corrected chi connectivity index (χ3v) is 5.46. The number of ether oxygens (including phenoxy) is 1. The van der Waals surface area contributed by atoms with Crippen LogP contribution in [0.1, 0.15) is 18.4 Å². The highest BCUT2D eigenvalue weighted by atomic mass is 32.2. The van der Waals surface area contributed by atoms with Gasteiger partial charge >= 0.3 is 5.69 Å². The molecule has 9 heteroatoms. The smallest absolute Gasteiger partial charge is 0.344 e. The Kier molecular flexibility index (Phi) is 5.37. The first kappa shape index (κ1) is 17.3. The van der Waals surface area contributed by atoms with Crippen molar-refractivity contribution in [1.29, 1.82) is 0 Å². The molecule has 1 aromatic carbocycles. The van der Waals surface area contributed by atoms with Crippen LogP contribution in [0.5, 0.6) is 0 Å². The quantitative estimate of drug-likeness (QED) is 0.737. The van der Waals surface area contributed by atoms with Crippen molar-refractivity contribution in [3.05, 3.63) is 46.4 Å². The summed E-state index contributed by atoms with van der Waals surface area (Å²) in [5, 5.41) is 7.31. The summed E-state index contributed by atoms with van der Waals surface area (Å²) in [4.78, 5) is 22.2. The summed E-state index contributed by atoms with van der Waals surface area (Å²) in [6.45, 7) is 1.87. The Hall–Kier alpha value is -2.10. The van der Waals surface area contributed by atoms with Crippen molar-refractivity contribution in [3.8, 4) is 0 Å². The molecule has 0 amide bonds. The van der Waals surface area contributed by atoms with E-state index in [9.17, 15) is 4.79 Å². The van der Waals surface area contributed by atoms with Crippen LogP contribution in [-0.2, 0) is 16.1 Å². The number of nitrogens with zero attached hydrogens (tertiary/aromatic N) is 3. The van der Waals surface area contributed by atoms with Crippen LogP contribution >= 0.6 is 11.8 Å². The molecule has 2 unspecified atom stereocenters. The molecule has 2 atom stereocenters. The number of rotatable bonds is 6. The van der Waals surface area contributed by atoms with Crippen molar-refractivity contribution in [2.45, 2.75) is 36.8 Å². The van der Waals surface area contributed by atoms with E-state index in [2.05, 4.69) is 20.7 Å². The third-order valence-electron chi connectivity index (χ3n) is 4.35. The molecular weight excluding hydrogens is 354 g/mol. The van der Waals surface area contributed by atoms with E-state index >= 15 is 0 Å². The van der Waals surface area contributed by atoms with Crippen LogP contribution in [0.2, 0.25) is 0 Å². The maximum Gasteiger partial charge on any atom is 0.344 e. The standard InChI is InChI=1S/C17H21N5O3S/c23-16-19-20-17(22(16)10-13-7-4-8-24-13)26-11-14-9-18-15(21-25-14)12-5-2-1-3-6-12/h1-3,5-6,13-14H,4,7-11H2,(H,18,21)(H,19,23). The van der Waals surface area contributed by atoms with Gasteiger partial charge in [-0.05, 0) is 12.8 Å². The van der Waals surface area contributed by atoms with E-state index in [0.717, 1.165) is 30.8 Å². The monoisotopic (exact) mass is 375 g/mol. The number of hydroxylamine groups is 1. The predicted molar refractivity (Wildman–Crippen MR) is 98.4 cm³/mol. The highest BCUT2D eigenvalue weighted by molar-refractivity contribution is 7.99. The number of H-pyrrole nitrogens is 1. The minimum Gasteiger partial charge on any atom is -0.376 e. The average Bonchev–Trinajstić information content (AvgIpc) is 3.32. The number of hydrogen-bond donors (Lipinski definition) is 2. The number of nitrogens with one attached hydrogen (secondary N) is 2. The Balaban J connectivity index is 1.34. The largest absolute Gasteiger partial charge is 0.376 e. The molecule has 0 radical (unpaired) electrons. The SMILES string of the molecule is O=c1[nH]nc(SCC2CN=C(c3ccccc3)NO2)n1CC1CCCO1. The molecule has 0 saturated carbocycles. The van der Waals surface area contributed by atoms with Crippen LogP contribution in [0.25, 0.3) is 0 Å². The Morgan fingerprint density at radius 1 is 1.27 bits per heavy atom. The number of thioether (sulfide) groups is 1. The maximum absolute atomic E-state index is 12.0. The van der Waals surface area contributed by atoms with Gasteiger partial charge in [0.1, 0.15) is 6.10 Å². The summed E-state index contributed by atoms with van der Waals surface area (Å²) in [5.74, 6) is 1.39. The van der Waals surface area contributed by atoms with Crippen molar-refractivity contribution >= 4 is 17.6 Å². The molecule has 1 aromatic heterocycles. The van der Waals surface area contributed by atoms with E-state index in [-0.39, 0.29) is 17.9 Å². The molecule has 3 heterocycles. The van der Waals surface area contributed by atoms with Crippen LogP contribution < -0.4 is 11.2 Å². The van der Waals surface area contributed by atoms with E-state index in [1.807, 2.05) is 30.3 Å². The summed E-state index contributed by atoms with van der Waals surface area (Å²) in [7, 11) is 0. The van der Waals surface area contributed by atoms with Crippen molar-refractivity contribution < 1.29 is 9.57 Å². The molecule has 2 N–H and O–H groups in total. The summed E-state index contributed by atoms with van der Waals surface area (Å²) < 4.78 is 7.27. The van der Waals surface area contributed by atoms with Gasteiger partial charge in [-0.3, -0.25) is 14.4 Å². The van der Waals surface area contributed by atoms with Crippen LogP contribution in [0.15, 0.2) is 45.3 Å². The summed E-state index contributed by atoms with van der Waals surface area (Å²) in [6.07, 6.45) is 2.03. The number of amidine groups is 1. The van der Waals surface area contributed by atoms with E-state index in [4.69, 9.17) is 9.57 Å². The number of benzene rings is 1. The third kappa shape index (κ3) is 4.00. The normalized spacial score (nSPS) is 22.8. The van der Waals surface area contributed by atoms with Gasteiger partial charge in [-0.2, -0.15) is 0 Å². The molecular formula is C17H21N5O3S. The molecule has 4 rings (SSSR count). The Morgan fingerprint density at radius 3 is 2.88 bits per heavy atom. The van der Waals surface area contributed by atoms with Crippen molar-refractivity contribution in [2.75, 3.05) is 18.9 Å². The van der Waals surface area contributed by atoms with E-state index in [1.165, 1.54) is 11.8 Å². The molecule has 0 aliphatic carbocycles. The Bertz CT molecular complexity index is 813. The van der Waals surface area contributed by atoms with Gasteiger partial charge in [-0.15, -0.1) is 5.10 Å². The molecule has 2 aromatic rings. The molecule has 26 heavy (non-hydrogen) atoms. The zero-order chi connectivity index (χ0) is 17.8. The second kappa shape index (κ2) is 8.07. The zero-order valence-electron chi connectivity index (χ0n) is 14.3. The second-order valence-electron chi connectivity index (χ2n) is 6.27. The van der Waals surface area contributed by atoms with Gasteiger partial charge in [0.15, 0.2) is 11.0 Å². The lowest BCUT2D eigenvalue weighted by atomic mass is 10.2. The zero-order valence-corrected chi connectivity index (χ0v) is 15.1. The maximum atomic E-state index is 12.0. The van der Waals surface area contributed by atoms with Gasteiger partial charge in [0.05, 0.1) is 19.2 Å². The van der Waals surface area contributed by atoms with Crippen LogP contribution in [0, 0.1) is 0 Å². The fourth-order valence-corrected chi connectivity index (χ4v) is 3.90. The summed E-state index contributed by atoms with van der Waals surface area (Å²) in [6, 6.07) is 9.86. The minimum atomic E-state index is -0.199. The van der Waals surface area contributed by atoms with E-state index in [1.54, 1.807) is 4.57 Å². The van der Waals surface area contributed by atoms with Crippen molar-refractivity contribution in [1.82, 2.24) is 20.2 Å². The lowest BCUT2D eigenvalue weighted by Gasteiger charge is -2.22. The molecule has 1 fully saturated rings. The summed E-state index contributed by atoms with van der Waals surface area (Å²) >= 11 is 1.49. The van der Waals surface area contributed by atoms with Crippen LogP contribution in [-0.4, -0.2) is 51.7 Å². The van der Waals surface area contributed by atoms with Gasteiger partial charge < -0.3 is 4.74 Å². The Morgan fingerprint density at radius 2 is 2.15 bits per heavy atom. The first-order valence-electron chi connectivity index (χ1n) is 8.71. The highest BCUT2D eigenvalue weighted by Crippen LogP contribution is 2.20. The molecule has 2 aliphatic heterocycles. The van der Waals surface area contributed by atoms with Crippen LogP contribution in [0.4, 0.5) is 0 Å². The second-order valence-corrected chi connectivity index (χ2v) is 7.25. The van der Waals surface area contributed by atoms with Gasteiger partial charge in [-0.25, -0.2) is 15.4 Å². The predicted octanol–water partition coefficient (Wildman–Crippen LogP) is 1.19. The summed E-state index contributed by atoms with van der Waals surface area (Å²) in [5.41, 5.74) is 3.72. The van der Waals surface area contributed by atoms with E-state index < -0.39 is 0 Å². The first-order valence-corrected chi connectivity index (χ1v) is 9.69. The number of aromatic nitrogens is 3. The molecule has 8 nitrogen and oxygen atoms in total. The molecule has 1 saturated heterocycles. The average molecular weight is 375 g/mol. The number of hydrogen-bond acceptors (Lipinski definition) is 7. The molecule has 0 bridgehead atoms. The van der Waals surface area contributed by atoms with E-state index in [0.29, 0.717) is 24.0 Å². The highest BCUT2D eigenvalue weighted by Gasteiger charge is 2.22. The fraction of sp³-hybridized carbons (Fsp3) is 0.471. The van der Waals surface area contributed by atoms with Gasteiger partial charge in [-0.1, -0.05) is 42.1 Å². The van der Waals surface area contributed by atoms with Crippen molar-refractivity contribution in [2.24, 2.45) is 4.99 Å². The lowest BCUT2D eigenvalue weighted by Crippen LogP contribution is -2.38. The molecule has 138 valence electrons. The number of aromatic amines is 1. The molecule has 2 aliphatic rings. The first-order chi connectivity index (χ1) is 12.8. The number of aliphatic imine (C=N–C) groups is 1. The lowest BCUT2D eigenvalue weighted by molar-refractivity contribution is 0.0212. The van der Waals surface area contributed by atoms with Gasteiger partial charge in [0.25, 0.3) is 0 Å². The minimum absolute atomic E-state index is 0.0876. The van der Waals surface area contributed by atoms with Crippen molar-refractivity contribution in [3.63, 3.8) is 0 Å². The van der Waals surface area contributed by atoms with Gasteiger partial charge in [0, 0.05) is 17.9 Å². The van der Waals surface area contributed by atoms with Gasteiger partial charge in [0.2, 0.25) is 0 Å².